The molecule has 0 aliphatic carbocycles. The van der Waals surface area contributed by atoms with Gasteiger partial charge in [0, 0.05) is 0 Å². The number of hydrogen-bond donors (Lipinski definition) is 1. The molecular formula is C20H19N5OS2. The van der Waals surface area contributed by atoms with Crippen LogP contribution in [-0.4, -0.2) is 31.4 Å². The second-order valence-electron chi connectivity index (χ2n) is 6.44. The quantitative estimate of drug-likeness (QED) is 0.387. The summed E-state index contributed by atoms with van der Waals surface area (Å²) < 4.78 is 2.87. The second-order valence-corrected chi connectivity index (χ2v) is 8.32. The van der Waals surface area contributed by atoms with Crippen LogP contribution in [0.2, 0.25) is 0 Å². The molecule has 0 saturated carbocycles. The molecule has 4 aromatic rings. The molecule has 0 bridgehead atoms. The van der Waals surface area contributed by atoms with Crippen molar-refractivity contribution in [3.05, 3.63) is 59.0 Å². The molecular weight excluding hydrogens is 390 g/mol. The molecule has 0 radical (unpaired) electrons. The summed E-state index contributed by atoms with van der Waals surface area (Å²) in [5.41, 5.74) is 5.54. The number of benzene rings is 1. The molecule has 0 unspecified atom stereocenters. The van der Waals surface area contributed by atoms with Crippen LogP contribution in [0.25, 0.3) is 15.9 Å². The van der Waals surface area contributed by atoms with E-state index in [1.54, 1.807) is 11.3 Å². The maximum Gasteiger partial charge on any atom is 0.234 e. The fraction of sp³-hybridized carbons (Fsp3) is 0.200. The van der Waals surface area contributed by atoms with Crippen LogP contribution in [0, 0.1) is 20.8 Å². The number of aryl methyl sites for hydroxylation is 2. The fourth-order valence-electron chi connectivity index (χ4n) is 2.94. The van der Waals surface area contributed by atoms with Crippen LogP contribution in [0.5, 0.6) is 0 Å². The van der Waals surface area contributed by atoms with Crippen molar-refractivity contribution in [2.75, 3.05) is 11.1 Å². The Morgan fingerprint density at radius 3 is 2.71 bits per heavy atom. The van der Waals surface area contributed by atoms with Gasteiger partial charge in [0.05, 0.1) is 38.7 Å². The Hall–Kier alpha value is -2.71. The zero-order chi connectivity index (χ0) is 19.7. The van der Waals surface area contributed by atoms with Crippen LogP contribution in [-0.2, 0) is 4.79 Å². The number of carbonyl (C=O) groups is 1. The zero-order valence-electron chi connectivity index (χ0n) is 15.8. The summed E-state index contributed by atoms with van der Waals surface area (Å²) in [4.78, 5) is 21.1. The van der Waals surface area contributed by atoms with Crippen molar-refractivity contribution in [2.45, 2.75) is 25.8 Å². The molecule has 6 nitrogen and oxygen atoms in total. The number of rotatable bonds is 5. The Bertz CT molecular complexity index is 1150. The number of fused-ring (bicyclic) bond motifs is 1. The largest absolute Gasteiger partial charge is 0.322 e. The number of nitrogens with one attached hydrogen (secondary N) is 1. The van der Waals surface area contributed by atoms with Gasteiger partial charge in [-0.2, -0.15) is 5.10 Å². The Kier molecular flexibility index (Phi) is 5.15. The Labute approximate surface area is 171 Å². The lowest BCUT2D eigenvalue weighted by Gasteiger charge is -2.07. The lowest BCUT2D eigenvalue weighted by atomic mass is 10.2. The van der Waals surface area contributed by atoms with Crippen LogP contribution in [0.4, 0.5) is 5.69 Å². The number of nitrogens with zero attached hydrogens (tertiary/aromatic N) is 4. The highest BCUT2D eigenvalue weighted by atomic mass is 32.2. The standard InChI is InChI=1S/C20H19N5OS2/c1-12-4-6-15(7-5-12)25-14(3)18(13(2)24-25)23-17(26)10-28-20-19-16(8-9-27-19)21-11-22-20/h4-9,11H,10H2,1-3H3,(H,23,26). The summed E-state index contributed by atoms with van der Waals surface area (Å²) in [5, 5.41) is 10.4. The molecule has 0 spiro atoms. The van der Waals surface area contributed by atoms with Gasteiger partial charge in [0.15, 0.2) is 0 Å². The van der Waals surface area contributed by atoms with Crippen molar-refractivity contribution in [1.82, 2.24) is 19.7 Å². The number of thioether (sulfide) groups is 1. The third-order valence-corrected chi connectivity index (χ3v) is 6.41. The Balaban J connectivity index is 1.49. The van der Waals surface area contributed by atoms with E-state index in [2.05, 4.69) is 27.3 Å². The zero-order valence-corrected chi connectivity index (χ0v) is 17.4. The number of anilines is 1. The summed E-state index contributed by atoms with van der Waals surface area (Å²) in [6, 6.07) is 10.1. The van der Waals surface area contributed by atoms with E-state index in [4.69, 9.17) is 0 Å². The number of amides is 1. The summed E-state index contributed by atoms with van der Waals surface area (Å²) in [7, 11) is 0. The summed E-state index contributed by atoms with van der Waals surface area (Å²) in [6.07, 6.45) is 1.54. The molecule has 8 heteroatoms. The number of hydrogen-bond acceptors (Lipinski definition) is 6. The van der Waals surface area contributed by atoms with E-state index in [0.717, 1.165) is 38.0 Å². The molecule has 1 aromatic carbocycles. The predicted octanol–water partition coefficient (Wildman–Crippen LogP) is 4.53. The van der Waals surface area contributed by atoms with E-state index in [-0.39, 0.29) is 11.7 Å². The van der Waals surface area contributed by atoms with Gasteiger partial charge in [0.25, 0.3) is 0 Å². The average molecular weight is 410 g/mol. The first-order valence-corrected chi connectivity index (χ1v) is 10.6. The molecule has 28 heavy (non-hydrogen) atoms. The Morgan fingerprint density at radius 2 is 1.93 bits per heavy atom. The van der Waals surface area contributed by atoms with E-state index >= 15 is 0 Å². The van der Waals surface area contributed by atoms with Crippen molar-refractivity contribution in [1.29, 1.82) is 0 Å². The molecule has 3 heterocycles. The van der Waals surface area contributed by atoms with Gasteiger partial charge >= 0.3 is 0 Å². The van der Waals surface area contributed by atoms with Gasteiger partial charge in [-0.25, -0.2) is 14.6 Å². The third-order valence-electron chi connectivity index (χ3n) is 4.38. The lowest BCUT2D eigenvalue weighted by molar-refractivity contribution is -0.113. The number of thiophene rings is 1. The molecule has 1 amide bonds. The SMILES string of the molecule is Cc1ccc(-n2nc(C)c(NC(=O)CSc3ncnc4ccsc34)c2C)cc1. The smallest absolute Gasteiger partial charge is 0.234 e. The highest BCUT2D eigenvalue weighted by molar-refractivity contribution is 8.00. The van der Waals surface area contributed by atoms with E-state index in [1.165, 1.54) is 23.7 Å². The van der Waals surface area contributed by atoms with Crippen LogP contribution in [0.15, 0.2) is 47.1 Å². The predicted molar refractivity (Wildman–Crippen MR) is 115 cm³/mol. The van der Waals surface area contributed by atoms with E-state index in [1.807, 2.05) is 54.2 Å². The minimum atomic E-state index is -0.0806. The molecule has 3 aromatic heterocycles. The van der Waals surface area contributed by atoms with Crippen molar-refractivity contribution in [2.24, 2.45) is 0 Å². The normalized spacial score (nSPS) is 11.1. The highest BCUT2D eigenvalue weighted by Crippen LogP contribution is 2.29. The van der Waals surface area contributed by atoms with Crippen molar-refractivity contribution >= 4 is 44.9 Å². The van der Waals surface area contributed by atoms with Gasteiger partial charge in [-0.1, -0.05) is 29.5 Å². The molecule has 142 valence electrons. The number of aromatic nitrogens is 4. The first kappa shape index (κ1) is 18.6. The van der Waals surface area contributed by atoms with Gasteiger partial charge in [-0.05, 0) is 44.4 Å². The minimum absolute atomic E-state index is 0.0806. The summed E-state index contributed by atoms with van der Waals surface area (Å²) >= 11 is 3.00. The van der Waals surface area contributed by atoms with E-state index < -0.39 is 0 Å². The lowest BCUT2D eigenvalue weighted by Crippen LogP contribution is -2.15. The summed E-state index contributed by atoms with van der Waals surface area (Å²) in [5.74, 6) is 0.196. The van der Waals surface area contributed by atoms with Gasteiger partial charge in [0.1, 0.15) is 11.4 Å². The average Bonchev–Trinajstić information content (AvgIpc) is 3.27. The van der Waals surface area contributed by atoms with Crippen LogP contribution in [0.1, 0.15) is 17.0 Å². The van der Waals surface area contributed by atoms with Crippen molar-refractivity contribution < 1.29 is 4.79 Å². The van der Waals surface area contributed by atoms with Crippen LogP contribution >= 0.6 is 23.1 Å². The minimum Gasteiger partial charge on any atom is -0.322 e. The monoisotopic (exact) mass is 409 g/mol. The molecule has 0 aliphatic heterocycles. The van der Waals surface area contributed by atoms with Gasteiger partial charge in [-0.3, -0.25) is 4.79 Å². The van der Waals surface area contributed by atoms with Gasteiger partial charge in [-0.15, -0.1) is 11.3 Å². The highest BCUT2D eigenvalue weighted by Gasteiger charge is 2.16. The maximum atomic E-state index is 12.5. The van der Waals surface area contributed by atoms with Crippen molar-refractivity contribution in [3.8, 4) is 5.69 Å². The second kappa shape index (κ2) is 7.73. The van der Waals surface area contributed by atoms with Gasteiger partial charge < -0.3 is 5.32 Å². The number of carbonyl (C=O) groups excluding carboxylic acids is 1. The third kappa shape index (κ3) is 3.65. The first-order chi connectivity index (χ1) is 13.5. The van der Waals surface area contributed by atoms with E-state index in [0.29, 0.717) is 0 Å². The molecule has 1 N–H and O–H groups in total. The molecule has 0 saturated heterocycles. The first-order valence-electron chi connectivity index (χ1n) is 8.77. The maximum absolute atomic E-state index is 12.5. The van der Waals surface area contributed by atoms with Crippen LogP contribution in [0.3, 0.4) is 0 Å². The molecule has 0 atom stereocenters. The molecule has 0 fully saturated rings. The van der Waals surface area contributed by atoms with E-state index in [9.17, 15) is 4.79 Å². The topological polar surface area (TPSA) is 72.7 Å². The van der Waals surface area contributed by atoms with Gasteiger partial charge in [0.2, 0.25) is 5.91 Å². The van der Waals surface area contributed by atoms with Crippen molar-refractivity contribution in [3.63, 3.8) is 0 Å². The molecule has 4 rings (SSSR count). The molecule has 0 aliphatic rings. The van der Waals surface area contributed by atoms with Crippen LogP contribution < -0.4 is 5.32 Å². The summed E-state index contributed by atoms with van der Waals surface area (Å²) in [6.45, 7) is 5.91. The fourth-order valence-corrected chi connectivity index (χ4v) is 4.69. The Morgan fingerprint density at radius 1 is 1.14 bits per heavy atom.